The summed E-state index contributed by atoms with van der Waals surface area (Å²) in [7, 11) is 0. The molecule has 0 aliphatic rings. The topological polar surface area (TPSA) is 35.2 Å². The van der Waals surface area contributed by atoms with Crippen LogP contribution in [-0.4, -0.2) is 6.04 Å². The van der Waals surface area contributed by atoms with Crippen LogP contribution in [0.4, 0.5) is 4.39 Å². The minimum atomic E-state index is -0.384. The Morgan fingerprint density at radius 3 is 2.55 bits per heavy atom. The van der Waals surface area contributed by atoms with Gasteiger partial charge in [-0.05, 0) is 48.7 Å². The predicted molar refractivity (Wildman–Crippen MR) is 82.6 cm³/mol. The summed E-state index contributed by atoms with van der Waals surface area (Å²) in [6.45, 7) is 2.07. The van der Waals surface area contributed by atoms with Crippen molar-refractivity contribution in [3.8, 4) is 11.5 Å². The molecule has 1 unspecified atom stereocenters. The van der Waals surface area contributed by atoms with Gasteiger partial charge in [0, 0.05) is 10.5 Å². The third kappa shape index (κ3) is 4.05. The Balaban J connectivity index is 2.09. The van der Waals surface area contributed by atoms with E-state index in [2.05, 4.69) is 22.9 Å². The van der Waals surface area contributed by atoms with Crippen LogP contribution in [0, 0.1) is 5.82 Å². The maximum Gasteiger partial charge on any atom is 0.165 e. The lowest BCUT2D eigenvalue weighted by atomic mass is 10.0. The van der Waals surface area contributed by atoms with E-state index in [4.69, 9.17) is 10.5 Å². The predicted octanol–water partition coefficient (Wildman–Crippen LogP) is 4.66. The Labute approximate surface area is 126 Å². The quantitative estimate of drug-likeness (QED) is 0.861. The summed E-state index contributed by atoms with van der Waals surface area (Å²) in [5.41, 5.74) is 7.07. The summed E-state index contributed by atoms with van der Waals surface area (Å²) in [5, 5.41) is 0. The van der Waals surface area contributed by atoms with Gasteiger partial charge in [-0.25, -0.2) is 4.39 Å². The molecular weight excluding hydrogens is 321 g/mol. The highest BCUT2D eigenvalue weighted by molar-refractivity contribution is 9.10. The lowest BCUT2D eigenvalue weighted by Gasteiger charge is -2.10. The van der Waals surface area contributed by atoms with Gasteiger partial charge in [-0.3, -0.25) is 0 Å². The molecule has 2 rings (SSSR count). The van der Waals surface area contributed by atoms with Crippen LogP contribution < -0.4 is 10.5 Å². The van der Waals surface area contributed by atoms with Crippen molar-refractivity contribution in [1.29, 1.82) is 0 Å². The van der Waals surface area contributed by atoms with E-state index in [0.29, 0.717) is 5.75 Å². The molecule has 2 aromatic carbocycles. The van der Waals surface area contributed by atoms with Gasteiger partial charge in [0.2, 0.25) is 0 Å². The second-order valence-electron chi connectivity index (χ2n) is 4.69. The average molecular weight is 338 g/mol. The lowest BCUT2D eigenvalue weighted by molar-refractivity contribution is 0.441. The maximum absolute atomic E-state index is 13.6. The van der Waals surface area contributed by atoms with Gasteiger partial charge in [0.05, 0.1) is 0 Å². The molecule has 20 heavy (non-hydrogen) atoms. The van der Waals surface area contributed by atoms with Gasteiger partial charge in [-0.2, -0.15) is 0 Å². The average Bonchev–Trinajstić information content (AvgIpc) is 2.45. The van der Waals surface area contributed by atoms with Crippen molar-refractivity contribution in [3.63, 3.8) is 0 Å². The van der Waals surface area contributed by atoms with Crippen LogP contribution in [0.5, 0.6) is 11.5 Å². The van der Waals surface area contributed by atoms with E-state index in [1.54, 1.807) is 12.1 Å². The molecule has 0 aliphatic heterocycles. The van der Waals surface area contributed by atoms with Crippen molar-refractivity contribution >= 4 is 15.9 Å². The van der Waals surface area contributed by atoms with Crippen molar-refractivity contribution in [1.82, 2.24) is 0 Å². The standard InChI is InChI=1S/C16H17BrFNO/c1-2-13(19)9-11-3-6-14(7-4-11)20-16-10-12(17)5-8-15(16)18/h3-8,10,13H,2,9,19H2,1H3. The molecular formula is C16H17BrFNO. The summed E-state index contributed by atoms with van der Waals surface area (Å²) in [5.74, 6) is 0.429. The molecule has 1 atom stereocenters. The zero-order valence-electron chi connectivity index (χ0n) is 11.3. The molecule has 106 valence electrons. The van der Waals surface area contributed by atoms with E-state index in [1.807, 2.05) is 24.3 Å². The maximum atomic E-state index is 13.6. The molecule has 2 nitrogen and oxygen atoms in total. The minimum Gasteiger partial charge on any atom is -0.454 e. The molecule has 0 heterocycles. The molecule has 0 bridgehead atoms. The van der Waals surface area contributed by atoms with Crippen molar-refractivity contribution in [2.45, 2.75) is 25.8 Å². The highest BCUT2D eigenvalue weighted by atomic mass is 79.9. The van der Waals surface area contributed by atoms with Crippen molar-refractivity contribution < 1.29 is 9.13 Å². The second kappa shape index (κ2) is 6.86. The zero-order valence-corrected chi connectivity index (χ0v) is 12.9. The van der Waals surface area contributed by atoms with Gasteiger partial charge in [-0.15, -0.1) is 0 Å². The van der Waals surface area contributed by atoms with Gasteiger partial charge >= 0.3 is 0 Å². The highest BCUT2D eigenvalue weighted by Gasteiger charge is 2.06. The number of ether oxygens (including phenoxy) is 1. The SMILES string of the molecule is CCC(N)Cc1ccc(Oc2cc(Br)ccc2F)cc1. The molecule has 2 N–H and O–H groups in total. The molecule has 0 aliphatic carbocycles. The van der Waals surface area contributed by atoms with E-state index < -0.39 is 0 Å². The molecule has 0 fully saturated rings. The van der Waals surface area contributed by atoms with Crippen LogP contribution in [0.25, 0.3) is 0 Å². The van der Waals surface area contributed by atoms with Gasteiger partial charge in [0.25, 0.3) is 0 Å². The van der Waals surface area contributed by atoms with Crippen LogP contribution in [0.1, 0.15) is 18.9 Å². The fraction of sp³-hybridized carbons (Fsp3) is 0.250. The molecule has 0 spiro atoms. The molecule has 0 amide bonds. The Kier molecular flexibility index (Phi) is 5.15. The fourth-order valence-corrected chi connectivity index (χ4v) is 2.16. The highest BCUT2D eigenvalue weighted by Crippen LogP contribution is 2.27. The Hall–Kier alpha value is -1.39. The summed E-state index contributed by atoms with van der Waals surface area (Å²) in [4.78, 5) is 0. The number of halogens is 2. The lowest BCUT2D eigenvalue weighted by Crippen LogP contribution is -2.21. The van der Waals surface area contributed by atoms with Crippen molar-refractivity contribution in [2.24, 2.45) is 5.73 Å². The number of hydrogen-bond donors (Lipinski definition) is 1. The van der Waals surface area contributed by atoms with Gasteiger partial charge in [0.15, 0.2) is 11.6 Å². The number of hydrogen-bond acceptors (Lipinski definition) is 2. The minimum absolute atomic E-state index is 0.171. The first-order chi connectivity index (χ1) is 9.58. The molecule has 0 radical (unpaired) electrons. The van der Waals surface area contributed by atoms with E-state index in [9.17, 15) is 4.39 Å². The van der Waals surface area contributed by atoms with Crippen LogP contribution in [-0.2, 0) is 6.42 Å². The van der Waals surface area contributed by atoms with Gasteiger partial charge < -0.3 is 10.5 Å². The monoisotopic (exact) mass is 337 g/mol. The molecule has 4 heteroatoms. The van der Waals surface area contributed by atoms with Crippen LogP contribution in [0.2, 0.25) is 0 Å². The molecule has 2 aromatic rings. The second-order valence-corrected chi connectivity index (χ2v) is 5.61. The first-order valence-corrected chi connectivity index (χ1v) is 7.35. The van der Waals surface area contributed by atoms with Gasteiger partial charge in [-0.1, -0.05) is 35.0 Å². The summed E-state index contributed by atoms with van der Waals surface area (Å²) < 4.78 is 19.9. The Bertz CT molecular complexity index is 571. The Morgan fingerprint density at radius 2 is 1.90 bits per heavy atom. The van der Waals surface area contributed by atoms with Crippen molar-refractivity contribution in [3.05, 3.63) is 58.3 Å². The van der Waals surface area contributed by atoms with Gasteiger partial charge in [0.1, 0.15) is 5.75 Å². The normalized spacial score (nSPS) is 12.2. The number of nitrogens with two attached hydrogens (primary N) is 1. The zero-order chi connectivity index (χ0) is 14.5. The summed E-state index contributed by atoms with van der Waals surface area (Å²) in [6, 6.07) is 12.4. The number of benzene rings is 2. The van der Waals surface area contributed by atoms with Crippen LogP contribution in [0.3, 0.4) is 0 Å². The smallest absolute Gasteiger partial charge is 0.165 e. The largest absolute Gasteiger partial charge is 0.454 e. The molecule has 0 saturated heterocycles. The van der Waals surface area contributed by atoms with E-state index in [-0.39, 0.29) is 17.6 Å². The number of rotatable bonds is 5. The third-order valence-corrected chi connectivity index (χ3v) is 3.56. The molecule has 0 saturated carbocycles. The van der Waals surface area contributed by atoms with Crippen LogP contribution in [0.15, 0.2) is 46.9 Å². The van der Waals surface area contributed by atoms with Crippen LogP contribution >= 0.6 is 15.9 Å². The summed E-state index contributed by atoms with van der Waals surface area (Å²) in [6.07, 6.45) is 1.78. The van der Waals surface area contributed by atoms with Crippen molar-refractivity contribution in [2.75, 3.05) is 0 Å². The van der Waals surface area contributed by atoms with E-state index in [1.165, 1.54) is 6.07 Å². The first-order valence-electron chi connectivity index (χ1n) is 6.56. The van der Waals surface area contributed by atoms with E-state index in [0.717, 1.165) is 22.9 Å². The molecule has 0 aromatic heterocycles. The summed E-state index contributed by atoms with van der Waals surface area (Å²) >= 11 is 3.30. The van der Waals surface area contributed by atoms with E-state index >= 15 is 0 Å². The fourth-order valence-electron chi connectivity index (χ4n) is 1.82. The first kappa shape index (κ1) is 15.0. The third-order valence-electron chi connectivity index (χ3n) is 3.07. The Morgan fingerprint density at radius 1 is 1.20 bits per heavy atom.